The number of ether oxygens (including phenoxy) is 1. The molecule has 256 valence electrons. The van der Waals surface area contributed by atoms with Crippen molar-refractivity contribution in [3.63, 3.8) is 0 Å². The van der Waals surface area contributed by atoms with E-state index in [0.29, 0.717) is 0 Å². The van der Waals surface area contributed by atoms with E-state index in [1.54, 1.807) is 0 Å². The van der Waals surface area contributed by atoms with E-state index in [2.05, 4.69) is 206 Å². The minimum absolute atomic E-state index is 0.505. The molecule has 0 saturated carbocycles. The summed E-state index contributed by atoms with van der Waals surface area (Å²) in [5.74, 6) is 1.81. The molecule has 0 fully saturated rings. The topological polar surface area (TPSA) is 9.23 Å². The van der Waals surface area contributed by atoms with Crippen LogP contribution in [0.2, 0.25) is 0 Å². The Bertz CT molecular complexity index is 2960. The smallest absolute Gasteiger partial charge is 0.132 e. The monoisotopic (exact) mass is 698 g/mol. The van der Waals surface area contributed by atoms with Crippen molar-refractivity contribution in [2.45, 2.75) is 10.8 Å². The third-order valence-corrected chi connectivity index (χ3v) is 12.6. The van der Waals surface area contributed by atoms with Crippen molar-refractivity contribution in [1.29, 1.82) is 0 Å². The Kier molecular flexibility index (Phi) is 6.25. The first-order valence-corrected chi connectivity index (χ1v) is 19.2. The molecular formula is C54H34O. The SMILES string of the molecule is c1ccc(C2(c3ccc(-c4cccc5c4C4(c6ccccc6O5)c5ccccc5-c5ccccc54)cc3)c3ccccc3-c3ccc4ccccc4c32)cc1. The van der Waals surface area contributed by atoms with Crippen LogP contribution in [0.25, 0.3) is 44.2 Å². The van der Waals surface area contributed by atoms with E-state index in [9.17, 15) is 0 Å². The lowest BCUT2D eigenvalue weighted by molar-refractivity contribution is 0.437. The van der Waals surface area contributed by atoms with Gasteiger partial charge in [0, 0.05) is 11.1 Å². The third kappa shape index (κ3) is 3.87. The number of rotatable bonds is 3. The molecule has 0 N–H and O–H groups in total. The molecule has 1 aliphatic heterocycles. The summed E-state index contributed by atoms with van der Waals surface area (Å²) in [4.78, 5) is 0. The lowest BCUT2D eigenvalue weighted by Gasteiger charge is -2.40. The first-order valence-electron chi connectivity index (χ1n) is 19.2. The molecule has 1 unspecified atom stereocenters. The maximum absolute atomic E-state index is 6.85. The van der Waals surface area contributed by atoms with Crippen LogP contribution >= 0.6 is 0 Å². The van der Waals surface area contributed by atoms with Gasteiger partial charge in [-0.1, -0.05) is 194 Å². The van der Waals surface area contributed by atoms with Crippen molar-refractivity contribution in [3.8, 4) is 44.9 Å². The minimum Gasteiger partial charge on any atom is -0.457 e. The van der Waals surface area contributed by atoms with Gasteiger partial charge < -0.3 is 4.74 Å². The van der Waals surface area contributed by atoms with Crippen molar-refractivity contribution < 1.29 is 4.74 Å². The summed E-state index contributed by atoms with van der Waals surface area (Å²) in [6, 6.07) is 76.2. The van der Waals surface area contributed by atoms with Crippen LogP contribution < -0.4 is 4.74 Å². The summed E-state index contributed by atoms with van der Waals surface area (Å²) in [6.07, 6.45) is 0. The van der Waals surface area contributed by atoms with E-state index in [0.717, 1.165) is 17.1 Å². The second-order valence-corrected chi connectivity index (χ2v) is 15.1. The zero-order valence-electron chi connectivity index (χ0n) is 30.0. The number of fused-ring (bicyclic) bond motifs is 14. The number of benzene rings is 9. The summed E-state index contributed by atoms with van der Waals surface area (Å²) in [7, 11) is 0. The van der Waals surface area contributed by atoms with Crippen LogP contribution in [0.1, 0.15) is 44.5 Å². The molecule has 0 amide bonds. The molecule has 9 aromatic rings. The second kappa shape index (κ2) is 11.3. The van der Waals surface area contributed by atoms with E-state index in [-0.39, 0.29) is 0 Å². The molecule has 12 rings (SSSR count). The highest BCUT2D eigenvalue weighted by Crippen LogP contribution is 2.64. The Labute approximate surface area is 320 Å². The Hall–Kier alpha value is -6.96. The van der Waals surface area contributed by atoms with Crippen LogP contribution in [-0.2, 0) is 10.8 Å². The quantitative estimate of drug-likeness (QED) is 0.178. The predicted octanol–water partition coefficient (Wildman–Crippen LogP) is 13.3. The molecule has 1 spiro atoms. The van der Waals surface area contributed by atoms with E-state index >= 15 is 0 Å². The van der Waals surface area contributed by atoms with E-state index in [4.69, 9.17) is 4.74 Å². The highest BCUT2D eigenvalue weighted by Gasteiger charge is 2.52. The zero-order chi connectivity index (χ0) is 36.1. The molecule has 2 aliphatic carbocycles. The third-order valence-electron chi connectivity index (χ3n) is 12.6. The molecule has 1 nitrogen and oxygen atoms in total. The fourth-order valence-electron chi connectivity index (χ4n) is 10.6. The van der Waals surface area contributed by atoms with Gasteiger partial charge in [0.25, 0.3) is 0 Å². The first kappa shape index (κ1) is 30.5. The van der Waals surface area contributed by atoms with Gasteiger partial charge in [-0.3, -0.25) is 0 Å². The average molecular weight is 699 g/mol. The van der Waals surface area contributed by atoms with E-state index < -0.39 is 10.8 Å². The summed E-state index contributed by atoms with van der Waals surface area (Å²) in [5.41, 5.74) is 16.6. The molecular weight excluding hydrogens is 665 g/mol. The molecule has 9 aromatic carbocycles. The molecule has 0 saturated heterocycles. The summed E-state index contributed by atoms with van der Waals surface area (Å²) in [6.45, 7) is 0. The average Bonchev–Trinajstić information content (AvgIpc) is 3.73. The van der Waals surface area contributed by atoms with Gasteiger partial charge in [-0.25, -0.2) is 0 Å². The fourth-order valence-corrected chi connectivity index (χ4v) is 10.6. The van der Waals surface area contributed by atoms with Crippen molar-refractivity contribution in [1.82, 2.24) is 0 Å². The van der Waals surface area contributed by atoms with Crippen LogP contribution in [0, 0.1) is 0 Å². The largest absolute Gasteiger partial charge is 0.457 e. The van der Waals surface area contributed by atoms with Gasteiger partial charge in [-0.15, -0.1) is 0 Å². The summed E-state index contributed by atoms with van der Waals surface area (Å²) in [5, 5.41) is 2.54. The minimum atomic E-state index is -0.542. The highest BCUT2D eigenvalue weighted by molar-refractivity contribution is 6.00. The van der Waals surface area contributed by atoms with Crippen molar-refractivity contribution >= 4 is 10.8 Å². The second-order valence-electron chi connectivity index (χ2n) is 15.1. The Morgan fingerprint density at radius 3 is 1.55 bits per heavy atom. The predicted molar refractivity (Wildman–Crippen MR) is 224 cm³/mol. The van der Waals surface area contributed by atoms with Gasteiger partial charge in [-0.05, 0) is 89.7 Å². The maximum atomic E-state index is 6.85. The van der Waals surface area contributed by atoms with Crippen LogP contribution in [0.15, 0.2) is 206 Å². The molecule has 55 heavy (non-hydrogen) atoms. The normalized spacial score (nSPS) is 16.4. The van der Waals surface area contributed by atoms with Crippen LogP contribution in [0.3, 0.4) is 0 Å². The Balaban J connectivity index is 1.13. The number of hydrogen-bond acceptors (Lipinski definition) is 1. The lowest BCUT2D eigenvalue weighted by Crippen LogP contribution is -2.33. The maximum Gasteiger partial charge on any atom is 0.132 e. The van der Waals surface area contributed by atoms with Crippen molar-refractivity contribution in [3.05, 3.63) is 251 Å². The zero-order valence-corrected chi connectivity index (χ0v) is 30.0. The molecule has 0 bridgehead atoms. The fraction of sp³-hybridized carbons (Fsp3) is 0.0370. The van der Waals surface area contributed by atoms with E-state index in [1.807, 2.05) is 0 Å². The summed E-state index contributed by atoms with van der Waals surface area (Å²) >= 11 is 0. The van der Waals surface area contributed by atoms with Crippen LogP contribution in [-0.4, -0.2) is 0 Å². The van der Waals surface area contributed by atoms with Crippen LogP contribution in [0.5, 0.6) is 11.5 Å². The Morgan fingerprint density at radius 1 is 0.291 bits per heavy atom. The standard InChI is InChI=1S/C54H34O/c1-2-16-37(17-3-1)53(45-23-9-8-21-43(45)44-34-31-35-15-4-5-18-39(35)51(44)53)38-32-29-36(30-33-38)40-22-14-28-50-52(40)54(48-26-12-13-27-49(48)55-50)46-24-10-6-19-41(46)42-20-7-11-25-47(42)54/h1-34H. The molecule has 3 aliphatic rings. The van der Waals surface area contributed by atoms with Gasteiger partial charge in [0.15, 0.2) is 0 Å². The molecule has 0 aromatic heterocycles. The van der Waals surface area contributed by atoms with Gasteiger partial charge in [0.1, 0.15) is 11.5 Å². The van der Waals surface area contributed by atoms with E-state index in [1.165, 1.54) is 83.1 Å². The van der Waals surface area contributed by atoms with Crippen molar-refractivity contribution in [2.75, 3.05) is 0 Å². The number of para-hydroxylation sites is 1. The molecule has 1 atom stereocenters. The van der Waals surface area contributed by atoms with Gasteiger partial charge >= 0.3 is 0 Å². The van der Waals surface area contributed by atoms with Crippen molar-refractivity contribution in [2.24, 2.45) is 0 Å². The Morgan fingerprint density at radius 2 is 0.818 bits per heavy atom. The molecule has 1 heterocycles. The lowest BCUT2D eigenvalue weighted by atomic mass is 9.64. The molecule has 0 radical (unpaired) electrons. The van der Waals surface area contributed by atoms with Gasteiger partial charge in [0.2, 0.25) is 0 Å². The van der Waals surface area contributed by atoms with Crippen LogP contribution in [0.4, 0.5) is 0 Å². The highest BCUT2D eigenvalue weighted by atomic mass is 16.5. The first-order chi connectivity index (χ1) is 27.3. The molecule has 1 heteroatoms. The van der Waals surface area contributed by atoms with Gasteiger partial charge in [0.05, 0.1) is 10.8 Å². The van der Waals surface area contributed by atoms with Gasteiger partial charge in [-0.2, -0.15) is 0 Å². The summed E-state index contributed by atoms with van der Waals surface area (Å²) < 4.78 is 6.85. The number of hydrogen-bond donors (Lipinski definition) is 0.